The molecule has 1 saturated carbocycles. The Bertz CT molecular complexity index is 1510. The molecule has 6 nitrogen and oxygen atoms in total. The molecule has 1 aliphatic carbocycles. The Morgan fingerprint density at radius 2 is 1.81 bits per heavy atom. The summed E-state index contributed by atoms with van der Waals surface area (Å²) in [6.45, 7) is 4.17. The average molecular weight is 514 g/mol. The van der Waals surface area contributed by atoms with E-state index in [1.807, 2.05) is 24.3 Å². The Kier molecular flexibility index (Phi) is 7.33. The first-order valence-corrected chi connectivity index (χ1v) is 13.6. The van der Waals surface area contributed by atoms with Crippen molar-refractivity contribution in [3.05, 3.63) is 93.3 Å². The van der Waals surface area contributed by atoms with E-state index in [2.05, 4.69) is 37.4 Å². The van der Waals surface area contributed by atoms with Crippen molar-refractivity contribution in [2.45, 2.75) is 56.5 Å². The number of nitrogens with zero attached hydrogens (tertiary/aromatic N) is 2. The average Bonchev–Trinajstić information content (AvgIpc) is 3.42. The van der Waals surface area contributed by atoms with Gasteiger partial charge in [0.2, 0.25) is 0 Å². The van der Waals surface area contributed by atoms with Crippen LogP contribution >= 0.6 is 11.8 Å². The van der Waals surface area contributed by atoms with Crippen LogP contribution in [0.15, 0.2) is 70.6 Å². The summed E-state index contributed by atoms with van der Waals surface area (Å²) in [7, 11) is 1.62. The third kappa shape index (κ3) is 5.42. The van der Waals surface area contributed by atoms with Gasteiger partial charge in [0.05, 0.1) is 23.7 Å². The van der Waals surface area contributed by atoms with Crippen LogP contribution in [0.3, 0.4) is 0 Å². The minimum absolute atomic E-state index is 0.112. The maximum atomic E-state index is 13.8. The van der Waals surface area contributed by atoms with E-state index in [0.717, 1.165) is 25.7 Å². The van der Waals surface area contributed by atoms with E-state index in [-0.39, 0.29) is 17.5 Å². The molecule has 1 amide bonds. The second-order valence-electron chi connectivity index (χ2n) is 9.64. The highest BCUT2D eigenvalue weighted by Gasteiger charge is 2.20. The Hall–Kier alpha value is -3.58. The zero-order valence-corrected chi connectivity index (χ0v) is 22.2. The predicted octanol–water partition coefficient (Wildman–Crippen LogP) is 5.98. The molecule has 1 aromatic heterocycles. The molecule has 1 heterocycles. The van der Waals surface area contributed by atoms with Crippen molar-refractivity contribution in [1.82, 2.24) is 14.9 Å². The number of thioether (sulfide) groups is 1. The van der Waals surface area contributed by atoms with E-state index in [4.69, 9.17) is 9.72 Å². The molecule has 0 bridgehead atoms. The highest BCUT2D eigenvalue weighted by Crippen LogP contribution is 2.27. The maximum absolute atomic E-state index is 13.8. The lowest BCUT2D eigenvalue weighted by Gasteiger charge is -2.15. The number of rotatable bonds is 7. The summed E-state index contributed by atoms with van der Waals surface area (Å²) in [5.74, 6) is 1.27. The largest absolute Gasteiger partial charge is 0.497 e. The molecule has 0 atom stereocenters. The molecule has 37 heavy (non-hydrogen) atoms. The van der Waals surface area contributed by atoms with Crippen molar-refractivity contribution in [1.29, 1.82) is 0 Å². The van der Waals surface area contributed by atoms with Crippen LogP contribution in [0.4, 0.5) is 0 Å². The van der Waals surface area contributed by atoms with Crippen molar-refractivity contribution >= 4 is 28.6 Å². The topological polar surface area (TPSA) is 73.2 Å². The molecule has 0 radical (unpaired) electrons. The molecule has 1 aliphatic rings. The second-order valence-corrected chi connectivity index (χ2v) is 10.6. The minimum atomic E-state index is -0.165. The summed E-state index contributed by atoms with van der Waals surface area (Å²) in [5.41, 5.74) is 5.19. The van der Waals surface area contributed by atoms with Crippen LogP contribution in [0, 0.1) is 13.8 Å². The van der Waals surface area contributed by atoms with Crippen molar-refractivity contribution in [3.8, 4) is 11.4 Å². The van der Waals surface area contributed by atoms with Crippen LogP contribution in [-0.4, -0.2) is 28.6 Å². The fourth-order valence-electron chi connectivity index (χ4n) is 4.80. The van der Waals surface area contributed by atoms with E-state index < -0.39 is 0 Å². The minimum Gasteiger partial charge on any atom is -0.497 e. The number of hydrogen-bond acceptors (Lipinski definition) is 5. The highest BCUT2D eigenvalue weighted by atomic mass is 32.2. The van der Waals surface area contributed by atoms with Crippen LogP contribution in [0.1, 0.15) is 52.7 Å². The lowest BCUT2D eigenvalue weighted by molar-refractivity contribution is 0.0938. The van der Waals surface area contributed by atoms with Gasteiger partial charge in [0.1, 0.15) is 5.75 Å². The molecule has 190 valence electrons. The van der Waals surface area contributed by atoms with Gasteiger partial charge in [-0.3, -0.25) is 14.2 Å². The molecule has 0 aliphatic heterocycles. The van der Waals surface area contributed by atoms with Crippen LogP contribution < -0.4 is 15.6 Å². The van der Waals surface area contributed by atoms with Gasteiger partial charge in [-0.15, -0.1) is 0 Å². The van der Waals surface area contributed by atoms with E-state index in [0.29, 0.717) is 38.8 Å². The predicted molar refractivity (Wildman–Crippen MR) is 149 cm³/mol. The van der Waals surface area contributed by atoms with Crippen molar-refractivity contribution < 1.29 is 9.53 Å². The number of amides is 1. The molecule has 4 aromatic rings. The van der Waals surface area contributed by atoms with Crippen LogP contribution in [0.5, 0.6) is 5.75 Å². The second kappa shape index (κ2) is 10.8. The molecule has 5 rings (SSSR count). The van der Waals surface area contributed by atoms with E-state index in [1.54, 1.807) is 29.9 Å². The van der Waals surface area contributed by atoms with E-state index in [1.165, 1.54) is 28.5 Å². The molecule has 0 unspecified atom stereocenters. The Morgan fingerprint density at radius 3 is 2.54 bits per heavy atom. The Morgan fingerprint density at radius 1 is 1.05 bits per heavy atom. The van der Waals surface area contributed by atoms with Gasteiger partial charge in [-0.2, -0.15) is 0 Å². The first-order valence-electron chi connectivity index (χ1n) is 12.6. The normalized spacial score (nSPS) is 13.7. The number of methoxy groups -OCH3 is 1. The number of hydrogen-bond donors (Lipinski definition) is 1. The molecule has 3 aromatic carbocycles. The number of nitrogens with one attached hydrogen (secondary N) is 1. The molecular weight excluding hydrogens is 482 g/mol. The van der Waals surface area contributed by atoms with Gasteiger partial charge < -0.3 is 10.1 Å². The molecule has 1 N–H and O–H groups in total. The van der Waals surface area contributed by atoms with Gasteiger partial charge in [-0.05, 0) is 80.3 Å². The standard InChI is InChI=1S/C30H31N3O3S/c1-19-8-9-20(2)22(16-19)18-37-30-32-27-17-21(28(34)31-23-6-4-5-7-23)10-15-26(27)29(35)33(30)24-11-13-25(36-3)14-12-24/h8-17,23H,4-7,18H2,1-3H3,(H,31,34). The zero-order valence-electron chi connectivity index (χ0n) is 21.4. The van der Waals surface area contributed by atoms with Gasteiger partial charge in [0, 0.05) is 17.4 Å². The molecule has 0 spiro atoms. The third-order valence-corrected chi connectivity index (χ3v) is 7.97. The Labute approximate surface area is 221 Å². The number of fused-ring (bicyclic) bond motifs is 1. The fourth-order valence-corrected chi connectivity index (χ4v) is 5.88. The number of carbonyl (C=O) groups excluding carboxylic acids is 1. The maximum Gasteiger partial charge on any atom is 0.266 e. The quantitative estimate of drug-likeness (QED) is 0.243. The first-order chi connectivity index (χ1) is 17.9. The number of aryl methyl sites for hydroxylation is 2. The van der Waals surface area contributed by atoms with E-state index in [9.17, 15) is 9.59 Å². The van der Waals surface area contributed by atoms with Crippen molar-refractivity contribution in [3.63, 3.8) is 0 Å². The molecule has 7 heteroatoms. The monoisotopic (exact) mass is 513 g/mol. The molecular formula is C30H31N3O3S. The van der Waals surface area contributed by atoms with Crippen LogP contribution in [0.2, 0.25) is 0 Å². The summed E-state index contributed by atoms with van der Waals surface area (Å²) in [6.07, 6.45) is 4.33. The van der Waals surface area contributed by atoms with Gasteiger partial charge in [0.15, 0.2) is 5.16 Å². The zero-order chi connectivity index (χ0) is 25.9. The lowest BCUT2D eigenvalue weighted by Crippen LogP contribution is -2.32. The summed E-state index contributed by atoms with van der Waals surface area (Å²) in [5, 5.41) is 4.18. The van der Waals surface area contributed by atoms with Crippen LogP contribution in [0.25, 0.3) is 16.6 Å². The van der Waals surface area contributed by atoms with E-state index >= 15 is 0 Å². The first kappa shape index (κ1) is 25.1. The van der Waals surface area contributed by atoms with Crippen molar-refractivity contribution in [2.75, 3.05) is 7.11 Å². The summed E-state index contributed by atoms with van der Waals surface area (Å²) in [6, 6.07) is 19.2. The SMILES string of the molecule is COc1ccc(-n2c(SCc3cc(C)ccc3C)nc3cc(C(=O)NC4CCCC4)ccc3c2=O)cc1. The van der Waals surface area contributed by atoms with Gasteiger partial charge in [-0.25, -0.2) is 4.98 Å². The fraction of sp³-hybridized carbons (Fsp3) is 0.300. The summed E-state index contributed by atoms with van der Waals surface area (Å²) in [4.78, 5) is 31.6. The third-order valence-electron chi connectivity index (χ3n) is 6.98. The smallest absolute Gasteiger partial charge is 0.266 e. The van der Waals surface area contributed by atoms with Crippen LogP contribution in [-0.2, 0) is 5.75 Å². The molecule has 1 fully saturated rings. The number of carbonyl (C=O) groups is 1. The lowest BCUT2D eigenvalue weighted by atomic mass is 10.1. The van der Waals surface area contributed by atoms with Gasteiger partial charge in [0.25, 0.3) is 11.5 Å². The number of ether oxygens (including phenoxy) is 1. The summed E-state index contributed by atoms with van der Waals surface area (Å²) < 4.78 is 6.95. The number of benzene rings is 3. The highest BCUT2D eigenvalue weighted by molar-refractivity contribution is 7.98. The number of aromatic nitrogens is 2. The van der Waals surface area contributed by atoms with Gasteiger partial charge in [-0.1, -0.05) is 48.4 Å². The summed E-state index contributed by atoms with van der Waals surface area (Å²) >= 11 is 1.52. The Balaban J connectivity index is 1.56. The molecule has 0 saturated heterocycles. The van der Waals surface area contributed by atoms with Crippen molar-refractivity contribution in [2.24, 2.45) is 0 Å². The van der Waals surface area contributed by atoms with Gasteiger partial charge >= 0.3 is 0 Å².